The van der Waals surface area contributed by atoms with Crippen LogP contribution in [0.4, 0.5) is 15.8 Å². The molecule has 3 N–H and O–H groups in total. The van der Waals surface area contributed by atoms with Crippen LogP contribution in [0.3, 0.4) is 0 Å². The van der Waals surface area contributed by atoms with Gasteiger partial charge in [0.15, 0.2) is 0 Å². The Morgan fingerprint density at radius 1 is 1.00 bits per heavy atom. The molecule has 0 radical (unpaired) electrons. The lowest BCUT2D eigenvalue weighted by molar-refractivity contribution is -0.114. The van der Waals surface area contributed by atoms with Crippen molar-refractivity contribution in [1.82, 2.24) is 0 Å². The Morgan fingerprint density at radius 2 is 1.57 bits per heavy atom. The summed E-state index contributed by atoms with van der Waals surface area (Å²) in [6.45, 7) is 1.39. The second kappa shape index (κ2) is 6.04. The van der Waals surface area contributed by atoms with Gasteiger partial charge in [-0.1, -0.05) is 6.07 Å². The molecule has 6 heteroatoms. The van der Waals surface area contributed by atoms with Crippen LogP contribution in [-0.4, -0.2) is 16.9 Å². The first kappa shape index (κ1) is 14.5. The Labute approximate surface area is 120 Å². The molecule has 0 spiro atoms. The van der Waals surface area contributed by atoms with Gasteiger partial charge in [0.25, 0.3) is 5.91 Å². The summed E-state index contributed by atoms with van der Waals surface area (Å²) in [5.41, 5.74) is 0.578. The van der Waals surface area contributed by atoms with Crippen LogP contribution in [0.15, 0.2) is 42.5 Å². The molecule has 0 heterocycles. The largest absolute Gasteiger partial charge is 0.507 e. The van der Waals surface area contributed by atoms with E-state index in [1.54, 1.807) is 24.3 Å². The van der Waals surface area contributed by atoms with E-state index in [2.05, 4.69) is 10.6 Å². The molecule has 2 aromatic carbocycles. The highest BCUT2D eigenvalue weighted by Gasteiger charge is 2.16. The van der Waals surface area contributed by atoms with Crippen LogP contribution >= 0.6 is 0 Å². The van der Waals surface area contributed by atoms with Gasteiger partial charge in [0.05, 0.1) is 0 Å². The van der Waals surface area contributed by atoms with E-state index < -0.39 is 23.0 Å². The molecule has 0 atom stereocenters. The average Bonchev–Trinajstić information content (AvgIpc) is 2.40. The van der Waals surface area contributed by atoms with Gasteiger partial charge >= 0.3 is 0 Å². The lowest BCUT2D eigenvalue weighted by atomic mass is 10.1. The van der Waals surface area contributed by atoms with Crippen LogP contribution in [0.25, 0.3) is 0 Å². The number of phenolic OH excluding ortho intramolecular Hbond substituents is 1. The molecule has 0 unspecified atom stereocenters. The van der Waals surface area contributed by atoms with Crippen LogP contribution < -0.4 is 10.6 Å². The maximum atomic E-state index is 13.5. The summed E-state index contributed by atoms with van der Waals surface area (Å²) < 4.78 is 13.5. The second-order valence-electron chi connectivity index (χ2n) is 4.35. The van der Waals surface area contributed by atoms with E-state index >= 15 is 0 Å². The number of amides is 2. The number of anilines is 2. The number of rotatable bonds is 3. The minimum atomic E-state index is -0.803. The second-order valence-corrected chi connectivity index (χ2v) is 4.35. The van der Waals surface area contributed by atoms with E-state index in [9.17, 15) is 19.1 Å². The minimum Gasteiger partial charge on any atom is -0.507 e. The molecule has 0 aliphatic heterocycles. The van der Waals surface area contributed by atoms with Gasteiger partial charge < -0.3 is 15.7 Å². The number of aromatic hydroxyl groups is 1. The molecule has 21 heavy (non-hydrogen) atoms. The van der Waals surface area contributed by atoms with Crippen LogP contribution in [0.2, 0.25) is 0 Å². The van der Waals surface area contributed by atoms with E-state index in [0.717, 1.165) is 6.07 Å². The van der Waals surface area contributed by atoms with Crippen molar-refractivity contribution in [3.05, 3.63) is 53.8 Å². The van der Waals surface area contributed by atoms with E-state index in [0.29, 0.717) is 11.4 Å². The van der Waals surface area contributed by atoms with Crippen LogP contribution in [-0.2, 0) is 4.79 Å². The molecular weight excluding hydrogens is 275 g/mol. The number of phenols is 1. The molecule has 0 aliphatic rings. The van der Waals surface area contributed by atoms with Crippen LogP contribution in [0.5, 0.6) is 5.75 Å². The zero-order valence-electron chi connectivity index (χ0n) is 11.2. The normalized spacial score (nSPS) is 10.0. The average molecular weight is 288 g/mol. The SMILES string of the molecule is CC(=O)Nc1ccc(NC(=O)c2c(O)cccc2F)cc1. The highest BCUT2D eigenvalue weighted by molar-refractivity contribution is 6.06. The fourth-order valence-electron chi connectivity index (χ4n) is 1.77. The standard InChI is InChI=1S/C15H13FN2O3/c1-9(19)17-10-5-7-11(8-6-10)18-15(21)14-12(16)3-2-4-13(14)20/h2-8,20H,1H3,(H,17,19)(H,18,21). The van der Waals surface area contributed by atoms with Crippen molar-refractivity contribution in [2.45, 2.75) is 6.92 Å². The lowest BCUT2D eigenvalue weighted by Crippen LogP contribution is -2.14. The summed E-state index contributed by atoms with van der Waals surface area (Å²) >= 11 is 0. The van der Waals surface area contributed by atoms with Gasteiger partial charge in [0.1, 0.15) is 17.1 Å². The minimum absolute atomic E-state index is 0.205. The van der Waals surface area contributed by atoms with E-state index in [4.69, 9.17) is 0 Å². The van der Waals surface area contributed by atoms with Gasteiger partial charge in [-0.2, -0.15) is 0 Å². The molecule has 5 nitrogen and oxygen atoms in total. The third-order valence-corrected chi connectivity index (χ3v) is 2.68. The zero-order chi connectivity index (χ0) is 15.4. The molecule has 2 aromatic rings. The van der Waals surface area contributed by atoms with Crippen molar-refractivity contribution < 1.29 is 19.1 Å². The third-order valence-electron chi connectivity index (χ3n) is 2.68. The third kappa shape index (κ3) is 3.56. The molecule has 0 aliphatic carbocycles. The molecule has 0 bridgehead atoms. The number of hydrogen-bond acceptors (Lipinski definition) is 3. The highest BCUT2D eigenvalue weighted by atomic mass is 19.1. The van der Waals surface area contributed by atoms with Gasteiger partial charge in [-0.3, -0.25) is 9.59 Å². The fourth-order valence-corrected chi connectivity index (χ4v) is 1.77. The lowest BCUT2D eigenvalue weighted by Gasteiger charge is -2.08. The number of nitrogens with one attached hydrogen (secondary N) is 2. The van der Waals surface area contributed by atoms with Crippen molar-refractivity contribution in [2.24, 2.45) is 0 Å². The number of halogens is 1. The quantitative estimate of drug-likeness (QED) is 0.812. The van der Waals surface area contributed by atoms with Crippen molar-refractivity contribution in [1.29, 1.82) is 0 Å². The summed E-state index contributed by atoms with van der Waals surface area (Å²) in [7, 11) is 0. The predicted molar refractivity (Wildman–Crippen MR) is 76.8 cm³/mol. The Bertz CT molecular complexity index is 664. The summed E-state index contributed by atoms with van der Waals surface area (Å²) in [6, 6.07) is 9.94. The van der Waals surface area contributed by atoms with Gasteiger partial charge in [-0.15, -0.1) is 0 Å². The summed E-state index contributed by atoms with van der Waals surface area (Å²) in [5.74, 6) is -2.19. The van der Waals surface area contributed by atoms with Crippen molar-refractivity contribution in [3.63, 3.8) is 0 Å². The molecule has 0 fully saturated rings. The van der Waals surface area contributed by atoms with Gasteiger partial charge in [-0.25, -0.2) is 4.39 Å². The van der Waals surface area contributed by atoms with Crippen LogP contribution in [0, 0.1) is 5.82 Å². The number of carbonyl (C=O) groups is 2. The topological polar surface area (TPSA) is 78.4 Å². The maximum absolute atomic E-state index is 13.5. The van der Waals surface area contributed by atoms with E-state index in [1.165, 1.54) is 19.1 Å². The number of benzene rings is 2. The monoisotopic (exact) mass is 288 g/mol. The van der Waals surface area contributed by atoms with Gasteiger partial charge in [0.2, 0.25) is 5.91 Å². The summed E-state index contributed by atoms with van der Waals surface area (Å²) in [4.78, 5) is 22.8. The van der Waals surface area contributed by atoms with Crippen molar-refractivity contribution >= 4 is 23.2 Å². The molecular formula is C15H13FN2O3. The molecule has 0 saturated carbocycles. The molecule has 0 saturated heterocycles. The summed E-state index contributed by atoms with van der Waals surface area (Å²) in [5, 5.41) is 14.6. The van der Waals surface area contributed by atoms with Gasteiger partial charge in [-0.05, 0) is 36.4 Å². The molecule has 2 rings (SSSR count). The van der Waals surface area contributed by atoms with Gasteiger partial charge in [0, 0.05) is 18.3 Å². The molecule has 108 valence electrons. The highest BCUT2D eigenvalue weighted by Crippen LogP contribution is 2.22. The smallest absolute Gasteiger partial charge is 0.262 e. The number of carbonyl (C=O) groups excluding carboxylic acids is 2. The zero-order valence-corrected chi connectivity index (χ0v) is 11.2. The van der Waals surface area contributed by atoms with Crippen molar-refractivity contribution in [2.75, 3.05) is 10.6 Å². The fraction of sp³-hybridized carbons (Fsp3) is 0.0667. The first-order valence-corrected chi connectivity index (χ1v) is 6.14. The molecule has 2 amide bonds. The number of hydrogen-bond donors (Lipinski definition) is 3. The van der Waals surface area contributed by atoms with Crippen molar-refractivity contribution in [3.8, 4) is 5.75 Å². The van der Waals surface area contributed by atoms with E-state index in [1.807, 2.05) is 0 Å². The Balaban J connectivity index is 2.14. The van der Waals surface area contributed by atoms with E-state index in [-0.39, 0.29) is 5.91 Å². The maximum Gasteiger partial charge on any atom is 0.262 e. The van der Waals surface area contributed by atoms with Crippen LogP contribution in [0.1, 0.15) is 17.3 Å². The first-order valence-electron chi connectivity index (χ1n) is 6.14. The Kier molecular flexibility index (Phi) is 4.18. The first-order chi connectivity index (χ1) is 9.97. The molecule has 0 aromatic heterocycles. The Hall–Kier alpha value is -2.89. The Morgan fingerprint density at radius 3 is 2.10 bits per heavy atom. The predicted octanol–water partition coefficient (Wildman–Crippen LogP) is 2.74. The summed E-state index contributed by atoms with van der Waals surface area (Å²) in [6.07, 6.45) is 0.